The van der Waals surface area contributed by atoms with Crippen molar-refractivity contribution in [3.05, 3.63) is 21.9 Å². The number of aliphatic imine (C=N–C) groups is 1. The molecule has 1 saturated heterocycles. The zero-order valence-corrected chi connectivity index (χ0v) is 18.9. The monoisotopic (exact) mass is 493 g/mol. The molecule has 0 atom stereocenters. The Morgan fingerprint density at radius 2 is 2.04 bits per heavy atom. The van der Waals surface area contributed by atoms with Gasteiger partial charge in [-0.05, 0) is 64.4 Å². The third-order valence-electron chi connectivity index (χ3n) is 4.63. The van der Waals surface area contributed by atoms with Crippen LogP contribution in [0.15, 0.2) is 17.1 Å². The lowest BCUT2D eigenvalue weighted by Crippen LogP contribution is -2.39. The van der Waals surface area contributed by atoms with Crippen molar-refractivity contribution < 1.29 is 4.79 Å². The third kappa shape index (κ3) is 8.22. The van der Waals surface area contributed by atoms with Crippen molar-refractivity contribution >= 4 is 47.2 Å². The molecule has 0 radical (unpaired) electrons. The number of nitrogens with zero attached hydrogens (tertiary/aromatic N) is 2. The van der Waals surface area contributed by atoms with Crippen LogP contribution in [-0.2, 0) is 11.3 Å². The first-order chi connectivity index (χ1) is 12.1. The summed E-state index contributed by atoms with van der Waals surface area (Å²) in [6.07, 6.45) is 4.07. The van der Waals surface area contributed by atoms with E-state index in [1.54, 1.807) is 7.05 Å². The van der Waals surface area contributed by atoms with Gasteiger partial charge < -0.3 is 21.3 Å². The number of rotatable bonds is 8. The van der Waals surface area contributed by atoms with Gasteiger partial charge in [-0.15, -0.1) is 35.3 Å². The van der Waals surface area contributed by atoms with Crippen molar-refractivity contribution in [1.29, 1.82) is 0 Å². The number of carbonyl (C=O) groups is 1. The number of hydrogen-bond donors (Lipinski definition) is 3. The largest absolute Gasteiger partial charge is 0.369 e. The molecule has 6 nitrogen and oxygen atoms in total. The van der Waals surface area contributed by atoms with Crippen molar-refractivity contribution in [3.63, 3.8) is 0 Å². The molecule has 0 saturated carbocycles. The lowest BCUT2D eigenvalue weighted by Gasteiger charge is -2.30. The van der Waals surface area contributed by atoms with Crippen LogP contribution in [0.4, 0.5) is 0 Å². The Balaban J connectivity index is 0.00000338. The molecule has 26 heavy (non-hydrogen) atoms. The molecule has 2 heterocycles. The number of carbonyl (C=O) groups excluding carboxylic acids is 1. The minimum atomic E-state index is -0.138. The molecular formula is C18H32IN5OS. The number of piperidine rings is 1. The Morgan fingerprint density at radius 3 is 2.62 bits per heavy atom. The highest BCUT2D eigenvalue weighted by atomic mass is 127. The van der Waals surface area contributed by atoms with E-state index in [0.29, 0.717) is 0 Å². The van der Waals surface area contributed by atoms with E-state index >= 15 is 0 Å². The smallest absolute Gasteiger partial charge is 0.220 e. The number of likely N-dealkylation sites (tertiary alicyclic amines) is 1. The van der Waals surface area contributed by atoms with Gasteiger partial charge in [-0.25, -0.2) is 0 Å². The fourth-order valence-corrected chi connectivity index (χ4v) is 3.91. The number of halogens is 1. The highest BCUT2D eigenvalue weighted by Crippen LogP contribution is 2.17. The molecule has 0 unspecified atom stereocenters. The predicted molar refractivity (Wildman–Crippen MR) is 120 cm³/mol. The minimum Gasteiger partial charge on any atom is -0.369 e. The number of primary amides is 1. The van der Waals surface area contributed by atoms with Crippen LogP contribution in [0.2, 0.25) is 0 Å². The zero-order chi connectivity index (χ0) is 18.1. The van der Waals surface area contributed by atoms with Crippen molar-refractivity contribution in [3.8, 4) is 0 Å². The number of aryl methyl sites for hydroxylation is 1. The predicted octanol–water partition coefficient (Wildman–Crippen LogP) is 2.32. The molecule has 148 valence electrons. The van der Waals surface area contributed by atoms with Crippen LogP contribution in [-0.4, -0.2) is 50.0 Å². The molecule has 1 amide bonds. The molecule has 4 N–H and O–H groups in total. The Morgan fingerprint density at radius 1 is 1.31 bits per heavy atom. The second-order valence-electron chi connectivity index (χ2n) is 6.59. The van der Waals surface area contributed by atoms with E-state index in [2.05, 4.69) is 39.6 Å². The lowest BCUT2D eigenvalue weighted by molar-refractivity contribution is -0.123. The van der Waals surface area contributed by atoms with Crippen LogP contribution in [0.5, 0.6) is 0 Å². The molecule has 2 rings (SSSR count). The molecule has 0 spiro atoms. The van der Waals surface area contributed by atoms with Gasteiger partial charge in [0.05, 0.1) is 6.54 Å². The van der Waals surface area contributed by atoms with E-state index in [0.717, 1.165) is 64.4 Å². The number of guanidine groups is 1. The van der Waals surface area contributed by atoms with Gasteiger partial charge in [0.2, 0.25) is 5.91 Å². The Kier molecular flexibility index (Phi) is 11.1. The highest BCUT2D eigenvalue weighted by molar-refractivity contribution is 14.0. The van der Waals surface area contributed by atoms with E-state index in [4.69, 9.17) is 5.73 Å². The van der Waals surface area contributed by atoms with Crippen LogP contribution in [0.1, 0.15) is 35.4 Å². The van der Waals surface area contributed by atoms with Crippen molar-refractivity contribution in [2.45, 2.75) is 39.2 Å². The van der Waals surface area contributed by atoms with Gasteiger partial charge in [-0.2, -0.15) is 0 Å². The minimum absolute atomic E-state index is 0. The van der Waals surface area contributed by atoms with Gasteiger partial charge >= 0.3 is 0 Å². The number of unbranched alkanes of at least 4 members (excludes halogenated alkanes) is 1. The van der Waals surface area contributed by atoms with Crippen LogP contribution in [0, 0.1) is 12.8 Å². The first kappa shape index (κ1) is 23.2. The van der Waals surface area contributed by atoms with Crippen LogP contribution < -0.4 is 16.4 Å². The van der Waals surface area contributed by atoms with E-state index in [1.807, 2.05) is 11.3 Å². The normalized spacial score (nSPS) is 16.2. The summed E-state index contributed by atoms with van der Waals surface area (Å²) in [4.78, 5) is 20.5. The second kappa shape index (κ2) is 12.5. The van der Waals surface area contributed by atoms with Crippen molar-refractivity contribution in [1.82, 2.24) is 15.5 Å². The van der Waals surface area contributed by atoms with Gasteiger partial charge in [0.25, 0.3) is 0 Å². The van der Waals surface area contributed by atoms with Crippen molar-refractivity contribution in [2.24, 2.45) is 16.6 Å². The molecule has 1 aliphatic heterocycles. The summed E-state index contributed by atoms with van der Waals surface area (Å²) >= 11 is 1.81. The zero-order valence-electron chi connectivity index (χ0n) is 15.8. The van der Waals surface area contributed by atoms with Crippen LogP contribution >= 0.6 is 35.3 Å². The van der Waals surface area contributed by atoms with Crippen LogP contribution in [0.25, 0.3) is 0 Å². The maximum atomic E-state index is 11.2. The number of nitrogens with two attached hydrogens (primary N) is 1. The lowest BCUT2D eigenvalue weighted by atomic mass is 9.96. The Labute approximate surface area is 178 Å². The summed E-state index contributed by atoms with van der Waals surface area (Å²) < 4.78 is 0. The number of amides is 1. The Hall–Kier alpha value is -0.870. The maximum Gasteiger partial charge on any atom is 0.220 e. The molecule has 1 aromatic rings. The summed E-state index contributed by atoms with van der Waals surface area (Å²) in [5.41, 5.74) is 5.37. The molecule has 1 fully saturated rings. The molecule has 0 bridgehead atoms. The summed E-state index contributed by atoms with van der Waals surface area (Å²) in [7, 11) is 1.80. The van der Waals surface area contributed by atoms with Crippen molar-refractivity contribution in [2.75, 3.05) is 33.2 Å². The SMILES string of the molecule is CN=C(NCCCCN1CCC(C(N)=O)CC1)NCc1ccc(C)s1.I. The van der Waals surface area contributed by atoms with E-state index < -0.39 is 0 Å². The molecule has 1 aromatic heterocycles. The number of thiophene rings is 1. The molecule has 0 aromatic carbocycles. The third-order valence-corrected chi connectivity index (χ3v) is 5.63. The van der Waals surface area contributed by atoms with E-state index in [9.17, 15) is 4.79 Å². The molecular weight excluding hydrogens is 461 g/mol. The van der Waals surface area contributed by atoms with Crippen LogP contribution in [0.3, 0.4) is 0 Å². The summed E-state index contributed by atoms with van der Waals surface area (Å²) in [5.74, 6) is 0.799. The fraction of sp³-hybridized carbons (Fsp3) is 0.667. The van der Waals surface area contributed by atoms with E-state index in [-0.39, 0.29) is 35.8 Å². The first-order valence-electron chi connectivity index (χ1n) is 9.10. The molecule has 8 heteroatoms. The first-order valence-corrected chi connectivity index (χ1v) is 9.91. The van der Waals surface area contributed by atoms with Gasteiger partial charge in [0, 0.05) is 29.3 Å². The van der Waals surface area contributed by atoms with Gasteiger partial charge in [-0.1, -0.05) is 0 Å². The number of hydrogen-bond acceptors (Lipinski definition) is 4. The quantitative estimate of drug-likeness (QED) is 0.225. The number of nitrogens with one attached hydrogen (secondary N) is 2. The van der Waals surface area contributed by atoms with Gasteiger partial charge in [0.1, 0.15) is 0 Å². The molecule has 0 aliphatic carbocycles. The fourth-order valence-electron chi connectivity index (χ4n) is 3.08. The van der Waals surface area contributed by atoms with Gasteiger partial charge in [0.15, 0.2) is 5.96 Å². The summed E-state index contributed by atoms with van der Waals surface area (Å²) in [6, 6.07) is 4.30. The Bertz CT molecular complexity index is 570. The average Bonchev–Trinajstić information content (AvgIpc) is 3.03. The second-order valence-corrected chi connectivity index (χ2v) is 7.96. The average molecular weight is 493 g/mol. The molecule has 1 aliphatic rings. The van der Waals surface area contributed by atoms with E-state index in [1.165, 1.54) is 9.75 Å². The summed E-state index contributed by atoms with van der Waals surface area (Å²) in [6.45, 7) is 6.92. The highest BCUT2D eigenvalue weighted by Gasteiger charge is 2.22. The topological polar surface area (TPSA) is 82.8 Å². The van der Waals surface area contributed by atoms with Gasteiger partial charge in [-0.3, -0.25) is 9.79 Å². The summed E-state index contributed by atoms with van der Waals surface area (Å²) in [5, 5.41) is 6.72. The standard InChI is InChI=1S/C18H31N5OS.HI/c1-14-5-6-16(25-14)13-22-18(20-2)21-9-3-4-10-23-11-7-15(8-12-23)17(19)24;/h5-6,15H,3-4,7-13H2,1-2H3,(H2,19,24)(H2,20,21,22);1H. The maximum absolute atomic E-state index is 11.2.